The van der Waals surface area contributed by atoms with E-state index in [1.54, 1.807) is 0 Å². The summed E-state index contributed by atoms with van der Waals surface area (Å²) >= 11 is 0. The molecule has 1 aromatic rings. The van der Waals surface area contributed by atoms with E-state index in [4.69, 9.17) is 4.74 Å². The molecule has 0 radical (unpaired) electrons. The zero-order chi connectivity index (χ0) is 9.42. The van der Waals surface area contributed by atoms with Crippen molar-refractivity contribution in [2.75, 3.05) is 6.61 Å². The minimum Gasteiger partial charge on any atom is -0.492 e. The topological polar surface area (TPSA) is 26.3 Å². The molecule has 0 saturated carbocycles. The summed E-state index contributed by atoms with van der Waals surface area (Å²) in [5.74, 6) is 0.987. The molecule has 0 atom stereocenters. The molecule has 13 heavy (non-hydrogen) atoms. The van der Waals surface area contributed by atoms with Gasteiger partial charge in [0.25, 0.3) is 0 Å². The summed E-state index contributed by atoms with van der Waals surface area (Å²) in [5.41, 5.74) is 3.01. The predicted octanol–water partition coefficient (Wildman–Crippen LogP) is 2.27. The SMILES string of the molecule is Cc1ccc2c(c1C)OCCC2=O. The number of carbonyl (C=O) groups is 1. The Balaban J connectivity index is 2.63. The van der Waals surface area contributed by atoms with Crippen molar-refractivity contribution in [2.24, 2.45) is 0 Å². The molecule has 1 heterocycles. The van der Waals surface area contributed by atoms with Crippen LogP contribution in [0.3, 0.4) is 0 Å². The minimum atomic E-state index is 0.198. The highest BCUT2D eigenvalue weighted by molar-refractivity contribution is 6.00. The number of ketones is 1. The Bertz CT molecular complexity index is 367. The first-order valence-electron chi connectivity index (χ1n) is 4.46. The lowest BCUT2D eigenvalue weighted by atomic mass is 9.99. The van der Waals surface area contributed by atoms with E-state index in [1.165, 1.54) is 5.56 Å². The van der Waals surface area contributed by atoms with Crippen molar-refractivity contribution >= 4 is 5.78 Å². The Hall–Kier alpha value is -1.31. The van der Waals surface area contributed by atoms with Gasteiger partial charge in [-0.2, -0.15) is 0 Å². The molecule has 0 amide bonds. The molecule has 2 nitrogen and oxygen atoms in total. The van der Waals surface area contributed by atoms with E-state index >= 15 is 0 Å². The molecule has 0 saturated heterocycles. The fraction of sp³-hybridized carbons (Fsp3) is 0.364. The zero-order valence-corrected chi connectivity index (χ0v) is 7.89. The van der Waals surface area contributed by atoms with Crippen LogP contribution >= 0.6 is 0 Å². The van der Waals surface area contributed by atoms with Crippen LogP contribution in [-0.2, 0) is 0 Å². The van der Waals surface area contributed by atoms with Gasteiger partial charge < -0.3 is 4.74 Å². The van der Waals surface area contributed by atoms with E-state index in [0.29, 0.717) is 13.0 Å². The Kier molecular flexibility index (Phi) is 1.83. The first kappa shape index (κ1) is 8.30. The molecule has 1 aliphatic heterocycles. The van der Waals surface area contributed by atoms with Gasteiger partial charge in [0, 0.05) is 6.42 Å². The van der Waals surface area contributed by atoms with Gasteiger partial charge in [0.2, 0.25) is 0 Å². The quantitative estimate of drug-likeness (QED) is 0.606. The lowest BCUT2D eigenvalue weighted by molar-refractivity contribution is 0.0933. The number of hydrogen-bond donors (Lipinski definition) is 0. The first-order chi connectivity index (χ1) is 6.20. The maximum absolute atomic E-state index is 11.5. The number of rotatable bonds is 0. The van der Waals surface area contributed by atoms with E-state index in [2.05, 4.69) is 0 Å². The maximum atomic E-state index is 11.5. The highest BCUT2D eigenvalue weighted by atomic mass is 16.5. The van der Waals surface area contributed by atoms with Gasteiger partial charge >= 0.3 is 0 Å². The number of aryl methyl sites for hydroxylation is 1. The number of fused-ring (bicyclic) bond motifs is 1. The summed E-state index contributed by atoms with van der Waals surface area (Å²) in [4.78, 5) is 11.5. The van der Waals surface area contributed by atoms with Gasteiger partial charge in [0.15, 0.2) is 5.78 Å². The van der Waals surface area contributed by atoms with Crippen molar-refractivity contribution in [2.45, 2.75) is 20.3 Å². The Labute approximate surface area is 77.5 Å². The zero-order valence-electron chi connectivity index (χ0n) is 7.89. The van der Waals surface area contributed by atoms with Crippen LogP contribution in [0.4, 0.5) is 0 Å². The summed E-state index contributed by atoms with van der Waals surface area (Å²) in [5, 5.41) is 0. The van der Waals surface area contributed by atoms with E-state index in [-0.39, 0.29) is 5.78 Å². The summed E-state index contributed by atoms with van der Waals surface area (Å²) in [6, 6.07) is 3.83. The maximum Gasteiger partial charge on any atom is 0.170 e. The van der Waals surface area contributed by atoms with Crippen molar-refractivity contribution in [3.63, 3.8) is 0 Å². The molecule has 0 bridgehead atoms. The third kappa shape index (κ3) is 1.22. The molecule has 2 heteroatoms. The molecule has 0 unspecified atom stereocenters. The van der Waals surface area contributed by atoms with Crippen molar-refractivity contribution in [3.8, 4) is 5.75 Å². The Morgan fingerprint density at radius 3 is 2.85 bits per heavy atom. The van der Waals surface area contributed by atoms with E-state index in [0.717, 1.165) is 16.9 Å². The molecule has 0 spiro atoms. The number of Topliss-reactive ketones (excluding diaryl/α,β-unsaturated/α-hetero) is 1. The lowest BCUT2D eigenvalue weighted by Gasteiger charge is -2.19. The van der Waals surface area contributed by atoms with Gasteiger partial charge in [-0.3, -0.25) is 4.79 Å². The highest BCUT2D eigenvalue weighted by Gasteiger charge is 2.20. The minimum absolute atomic E-state index is 0.198. The molecular formula is C11H12O2. The standard InChI is InChI=1S/C11H12O2/c1-7-3-4-9-10(12)5-6-13-11(9)8(7)2/h3-4H,5-6H2,1-2H3. The van der Waals surface area contributed by atoms with Crippen molar-refractivity contribution in [1.29, 1.82) is 0 Å². The Morgan fingerprint density at radius 1 is 1.31 bits per heavy atom. The third-order valence-corrected chi connectivity index (χ3v) is 2.55. The van der Waals surface area contributed by atoms with Crippen LogP contribution in [0.15, 0.2) is 12.1 Å². The third-order valence-electron chi connectivity index (χ3n) is 2.55. The largest absolute Gasteiger partial charge is 0.492 e. The van der Waals surface area contributed by atoms with Gasteiger partial charge in [0.1, 0.15) is 5.75 Å². The molecule has 0 aliphatic carbocycles. The second kappa shape index (κ2) is 2.87. The number of benzene rings is 1. The van der Waals surface area contributed by atoms with E-state index < -0.39 is 0 Å². The fourth-order valence-electron chi connectivity index (χ4n) is 1.58. The Morgan fingerprint density at radius 2 is 2.08 bits per heavy atom. The second-order valence-electron chi connectivity index (χ2n) is 3.41. The highest BCUT2D eigenvalue weighted by Crippen LogP contribution is 2.30. The summed E-state index contributed by atoms with van der Waals surface area (Å²) < 4.78 is 5.48. The predicted molar refractivity (Wildman–Crippen MR) is 50.4 cm³/mol. The van der Waals surface area contributed by atoms with Crippen molar-refractivity contribution < 1.29 is 9.53 Å². The summed E-state index contributed by atoms with van der Waals surface area (Å²) in [6.07, 6.45) is 0.509. The van der Waals surface area contributed by atoms with Gasteiger partial charge in [-0.05, 0) is 31.0 Å². The molecule has 68 valence electrons. The van der Waals surface area contributed by atoms with Crippen LogP contribution < -0.4 is 4.74 Å². The van der Waals surface area contributed by atoms with Crippen LogP contribution in [0.1, 0.15) is 27.9 Å². The van der Waals surface area contributed by atoms with E-state index in [9.17, 15) is 4.79 Å². The smallest absolute Gasteiger partial charge is 0.170 e. The monoisotopic (exact) mass is 176 g/mol. The van der Waals surface area contributed by atoms with Gasteiger partial charge in [0.05, 0.1) is 12.2 Å². The van der Waals surface area contributed by atoms with E-state index in [1.807, 2.05) is 26.0 Å². The average molecular weight is 176 g/mol. The van der Waals surface area contributed by atoms with Gasteiger partial charge in [-0.25, -0.2) is 0 Å². The normalized spacial score (nSPS) is 15.1. The van der Waals surface area contributed by atoms with Crippen LogP contribution in [-0.4, -0.2) is 12.4 Å². The second-order valence-corrected chi connectivity index (χ2v) is 3.41. The molecule has 1 aromatic carbocycles. The van der Waals surface area contributed by atoms with Crippen molar-refractivity contribution in [1.82, 2.24) is 0 Å². The lowest BCUT2D eigenvalue weighted by Crippen LogP contribution is -2.16. The van der Waals surface area contributed by atoms with Crippen LogP contribution in [0.25, 0.3) is 0 Å². The molecule has 0 N–H and O–H groups in total. The average Bonchev–Trinajstić information content (AvgIpc) is 2.12. The van der Waals surface area contributed by atoms with Crippen LogP contribution in [0.5, 0.6) is 5.75 Å². The summed E-state index contributed by atoms with van der Waals surface area (Å²) in [6.45, 7) is 4.54. The number of carbonyl (C=O) groups excluding carboxylic acids is 1. The van der Waals surface area contributed by atoms with Gasteiger partial charge in [-0.15, -0.1) is 0 Å². The summed E-state index contributed by atoms with van der Waals surface area (Å²) in [7, 11) is 0. The fourth-order valence-corrected chi connectivity index (χ4v) is 1.58. The van der Waals surface area contributed by atoms with Gasteiger partial charge in [-0.1, -0.05) is 6.07 Å². The molecule has 0 aromatic heterocycles. The molecular weight excluding hydrogens is 164 g/mol. The van der Waals surface area contributed by atoms with Crippen molar-refractivity contribution in [3.05, 3.63) is 28.8 Å². The number of ether oxygens (including phenoxy) is 1. The molecule has 0 fully saturated rings. The molecule has 2 rings (SSSR count). The number of hydrogen-bond acceptors (Lipinski definition) is 2. The molecule has 1 aliphatic rings. The first-order valence-corrected chi connectivity index (χ1v) is 4.46. The van der Waals surface area contributed by atoms with Crippen LogP contribution in [0, 0.1) is 13.8 Å². The van der Waals surface area contributed by atoms with Crippen LogP contribution in [0.2, 0.25) is 0 Å².